The van der Waals surface area contributed by atoms with Crippen molar-refractivity contribution in [2.45, 2.75) is 68.3 Å². The predicted octanol–water partition coefficient (Wildman–Crippen LogP) is 2.77. The predicted molar refractivity (Wildman–Crippen MR) is 112 cm³/mol. The lowest BCUT2D eigenvalue weighted by atomic mass is 9.37. The van der Waals surface area contributed by atoms with Crippen LogP contribution in [0.15, 0.2) is 24.3 Å². The zero-order valence-corrected chi connectivity index (χ0v) is 17.8. The van der Waals surface area contributed by atoms with Crippen molar-refractivity contribution in [3.05, 3.63) is 35.4 Å². The van der Waals surface area contributed by atoms with Gasteiger partial charge in [-0.2, -0.15) is 0 Å². The number of likely N-dealkylation sites (tertiary alicyclic amines) is 1. The number of aliphatic hydroxyl groups is 1. The summed E-state index contributed by atoms with van der Waals surface area (Å²) in [5.74, 6) is 1.75. The molecule has 7 atom stereocenters. The van der Waals surface area contributed by atoms with Gasteiger partial charge in [0.25, 0.3) is 0 Å². The summed E-state index contributed by atoms with van der Waals surface area (Å²) < 4.78 is 12.9. The number of ether oxygens (including phenoxy) is 2. The second-order valence-corrected chi connectivity index (χ2v) is 10.8. The number of rotatable bonds is 4. The average molecular weight is 410 g/mol. The third-order valence-corrected chi connectivity index (χ3v) is 9.74. The van der Waals surface area contributed by atoms with Crippen molar-refractivity contribution in [3.8, 4) is 11.5 Å². The highest BCUT2D eigenvalue weighted by Crippen LogP contribution is 2.75. The molecule has 3 fully saturated rings. The number of nitrogens with zero attached hydrogens (tertiary/aromatic N) is 1. The highest BCUT2D eigenvalue weighted by molar-refractivity contribution is 5.65. The van der Waals surface area contributed by atoms with Crippen molar-refractivity contribution >= 4 is 0 Å². The molecule has 1 unspecified atom stereocenters. The van der Waals surface area contributed by atoms with E-state index in [9.17, 15) is 10.2 Å². The topological polar surface area (TPSA) is 62.2 Å². The molecule has 2 spiro atoms. The Kier molecular flexibility index (Phi) is 3.27. The van der Waals surface area contributed by atoms with E-state index in [1.165, 1.54) is 30.5 Å². The van der Waals surface area contributed by atoms with Gasteiger partial charge < -0.3 is 19.7 Å². The number of phenolic OH excluding ortho intramolecular Hbond substituents is 1. The van der Waals surface area contributed by atoms with Gasteiger partial charge in [-0.3, -0.25) is 4.90 Å². The zero-order valence-electron chi connectivity index (χ0n) is 17.8. The van der Waals surface area contributed by atoms with E-state index in [1.807, 2.05) is 13.0 Å². The van der Waals surface area contributed by atoms with Crippen LogP contribution in [0.3, 0.4) is 0 Å². The van der Waals surface area contributed by atoms with Crippen LogP contribution in [0.4, 0.5) is 0 Å². The SMILES string of the molecule is CO[C@]12C=C[C@@]3(C[C@@H]1C(C)O)[C@H]1Cc4ccc(O)c5c4[C@@]3(CCN1CC1CC1)[C@H]2O5. The molecule has 2 heterocycles. The molecular formula is C25H31NO4. The molecular weight excluding hydrogens is 378 g/mol. The van der Waals surface area contributed by atoms with Crippen LogP contribution in [0.2, 0.25) is 0 Å². The van der Waals surface area contributed by atoms with Crippen LogP contribution < -0.4 is 4.74 Å². The summed E-state index contributed by atoms with van der Waals surface area (Å²) in [6, 6.07) is 4.34. The lowest BCUT2D eigenvalue weighted by molar-refractivity contribution is -0.230. The second-order valence-electron chi connectivity index (χ2n) is 10.8. The van der Waals surface area contributed by atoms with Crippen LogP contribution in [0.25, 0.3) is 0 Å². The van der Waals surface area contributed by atoms with Crippen LogP contribution >= 0.6 is 0 Å². The lowest BCUT2D eigenvalue weighted by Gasteiger charge is -2.71. The monoisotopic (exact) mass is 409 g/mol. The van der Waals surface area contributed by atoms with Gasteiger partial charge in [0.1, 0.15) is 11.7 Å². The normalized spacial score (nSPS) is 45.9. The Labute approximate surface area is 177 Å². The molecule has 2 N–H and O–H groups in total. The van der Waals surface area contributed by atoms with Gasteiger partial charge in [-0.1, -0.05) is 18.2 Å². The minimum Gasteiger partial charge on any atom is -0.504 e. The van der Waals surface area contributed by atoms with Crippen LogP contribution in [-0.4, -0.2) is 59.2 Å². The molecule has 0 aromatic heterocycles. The summed E-state index contributed by atoms with van der Waals surface area (Å²) in [6.07, 6.45) is 9.62. The summed E-state index contributed by atoms with van der Waals surface area (Å²) >= 11 is 0. The summed E-state index contributed by atoms with van der Waals surface area (Å²) in [5, 5.41) is 21.6. The Morgan fingerprint density at radius 2 is 2.13 bits per heavy atom. The fourth-order valence-corrected chi connectivity index (χ4v) is 8.38. The van der Waals surface area contributed by atoms with Crippen molar-refractivity contribution in [3.63, 3.8) is 0 Å². The van der Waals surface area contributed by atoms with Gasteiger partial charge in [-0.15, -0.1) is 0 Å². The summed E-state index contributed by atoms with van der Waals surface area (Å²) in [6.45, 7) is 4.16. The van der Waals surface area contributed by atoms with Crippen LogP contribution in [-0.2, 0) is 16.6 Å². The quantitative estimate of drug-likeness (QED) is 0.749. The molecule has 5 aliphatic carbocycles. The third-order valence-electron chi connectivity index (χ3n) is 9.74. The molecule has 30 heavy (non-hydrogen) atoms. The van der Waals surface area contributed by atoms with E-state index in [-0.39, 0.29) is 28.6 Å². The maximum atomic E-state index is 10.9. The number of aliphatic hydroxyl groups excluding tert-OH is 1. The summed E-state index contributed by atoms with van der Waals surface area (Å²) in [5.41, 5.74) is 1.64. The fraction of sp³-hybridized carbons (Fsp3) is 0.680. The first kappa shape index (κ1) is 18.1. The number of phenols is 1. The number of fused-ring (bicyclic) bond motifs is 1. The molecule has 2 aliphatic heterocycles. The van der Waals surface area contributed by atoms with Gasteiger partial charge >= 0.3 is 0 Å². The molecule has 4 bridgehead atoms. The van der Waals surface area contributed by atoms with Gasteiger partial charge in [0, 0.05) is 36.6 Å². The second kappa shape index (κ2) is 5.43. The minimum absolute atomic E-state index is 0.0213. The number of aromatic hydroxyl groups is 1. The molecule has 1 aromatic carbocycles. The Hall–Kier alpha value is -1.56. The maximum Gasteiger partial charge on any atom is 0.165 e. The summed E-state index contributed by atoms with van der Waals surface area (Å²) in [7, 11) is 1.75. The molecule has 1 aromatic rings. The molecule has 5 nitrogen and oxygen atoms in total. The van der Waals surface area contributed by atoms with E-state index in [0.29, 0.717) is 11.8 Å². The zero-order chi connectivity index (χ0) is 20.5. The van der Waals surface area contributed by atoms with Gasteiger partial charge in [0.05, 0.1) is 11.5 Å². The van der Waals surface area contributed by atoms with E-state index in [4.69, 9.17) is 9.47 Å². The van der Waals surface area contributed by atoms with Crippen LogP contribution in [0.1, 0.15) is 43.7 Å². The molecule has 7 aliphatic rings. The molecule has 0 radical (unpaired) electrons. The first-order valence-electron chi connectivity index (χ1n) is 11.7. The summed E-state index contributed by atoms with van der Waals surface area (Å²) in [4.78, 5) is 2.75. The molecule has 2 saturated carbocycles. The number of piperidine rings is 1. The Bertz CT molecular complexity index is 970. The highest BCUT2D eigenvalue weighted by atomic mass is 16.6. The molecule has 160 valence electrons. The van der Waals surface area contributed by atoms with Crippen molar-refractivity contribution in [1.29, 1.82) is 0 Å². The lowest BCUT2D eigenvalue weighted by Crippen LogP contribution is -2.80. The van der Waals surface area contributed by atoms with Crippen LogP contribution in [0, 0.1) is 17.3 Å². The van der Waals surface area contributed by atoms with E-state index in [0.717, 1.165) is 31.7 Å². The van der Waals surface area contributed by atoms with Crippen LogP contribution in [0.5, 0.6) is 11.5 Å². The number of hydrogen-bond donors (Lipinski definition) is 2. The Balaban J connectivity index is 1.51. The van der Waals surface area contributed by atoms with Gasteiger partial charge in [-0.05, 0) is 63.1 Å². The average Bonchev–Trinajstić information content (AvgIpc) is 3.48. The smallest absolute Gasteiger partial charge is 0.165 e. The van der Waals surface area contributed by atoms with Crippen molar-refractivity contribution < 1.29 is 19.7 Å². The first-order valence-corrected chi connectivity index (χ1v) is 11.7. The maximum absolute atomic E-state index is 10.9. The molecule has 8 rings (SSSR count). The Morgan fingerprint density at radius 3 is 2.87 bits per heavy atom. The Morgan fingerprint density at radius 1 is 1.30 bits per heavy atom. The number of benzene rings is 1. The first-order chi connectivity index (χ1) is 14.5. The standard InChI is InChI=1S/C25H31NO4/c1-14(27)17-12-23-7-8-25(17,29-2)22-24(23)9-10-26(13-15-3-4-15)19(23)11-16-5-6-18(28)21(30-22)20(16)24/h5-8,14-15,17,19,22,27-28H,3-4,9-13H2,1-2H3/t14?,17-,19-,22-,23-,24+,25-/m1/s1. The largest absolute Gasteiger partial charge is 0.504 e. The minimum atomic E-state index is -0.667. The van der Waals surface area contributed by atoms with Gasteiger partial charge in [-0.25, -0.2) is 0 Å². The van der Waals surface area contributed by atoms with E-state index >= 15 is 0 Å². The molecule has 5 heteroatoms. The number of methoxy groups -OCH3 is 1. The third kappa shape index (κ3) is 1.77. The van der Waals surface area contributed by atoms with Gasteiger partial charge in [0.15, 0.2) is 11.5 Å². The van der Waals surface area contributed by atoms with Gasteiger partial charge in [0.2, 0.25) is 0 Å². The highest BCUT2D eigenvalue weighted by Gasteiger charge is 2.79. The molecule has 0 amide bonds. The fourth-order valence-electron chi connectivity index (χ4n) is 8.38. The van der Waals surface area contributed by atoms with E-state index < -0.39 is 11.7 Å². The van der Waals surface area contributed by atoms with E-state index in [1.54, 1.807) is 7.11 Å². The van der Waals surface area contributed by atoms with E-state index in [2.05, 4.69) is 23.1 Å². The number of hydrogen-bond acceptors (Lipinski definition) is 5. The van der Waals surface area contributed by atoms with Crippen molar-refractivity contribution in [1.82, 2.24) is 4.90 Å². The molecule has 1 saturated heterocycles. The van der Waals surface area contributed by atoms with Crippen molar-refractivity contribution in [2.75, 3.05) is 20.2 Å². The van der Waals surface area contributed by atoms with Crippen molar-refractivity contribution in [2.24, 2.45) is 17.3 Å².